The summed E-state index contributed by atoms with van der Waals surface area (Å²) in [5.41, 5.74) is 1.69. The molecule has 3 fully saturated rings. The zero-order valence-corrected chi connectivity index (χ0v) is 14.1. The van der Waals surface area contributed by atoms with Crippen molar-refractivity contribution < 1.29 is 9.18 Å². The first-order valence-electron chi connectivity index (χ1n) is 9.07. The van der Waals surface area contributed by atoms with Gasteiger partial charge in [-0.2, -0.15) is 5.26 Å². The predicted molar refractivity (Wildman–Crippen MR) is 92.8 cm³/mol. The molecule has 0 bridgehead atoms. The van der Waals surface area contributed by atoms with Crippen LogP contribution in [0.1, 0.15) is 24.8 Å². The van der Waals surface area contributed by atoms with Crippen molar-refractivity contribution in [3.8, 4) is 6.07 Å². The van der Waals surface area contributed by atoms with Gasteiger partial charge in [-0.15, -0.1) is 0 Å². The van der Waals surface area contributed by atoms with Gasteiger partial charge in [-0.3, -0.25) is 4.79 Å². The average molecular weight is 342 g/mol. The number of hydrogen-bond donors (Lipinski definition) is 2. The lowest BCUT2D eigenvalue weighted by Crippen LogP contribution is -2.47. The SMILES string of the molecule is N#Cc1ccccc1N1C[C@H]2CC[C@H](NC(=O)[C@@H]3C[C@@H](F)CN3)[C@H]2C1. The number of nitriles is 1. The largest absolute Gasteiger partial charge is 0.370 e. The highest BCUT2D eigenvalue weighted by atomic mass is 19.1. The van der Waals surface area contributed by atoms with Crippen LogP contribution in [-0.4, -0.2) is 43.8 Å². The Bertz CT molecular complexity index is 703. The fraction of sp³-hybridized carbons (Fsp3) is 0.579. The van der Waals surface area contributed by atoms with Crippen LogP contribution in [0.15, 0.2) is 24.3 Å². The van der Waals surface area contributed by atoms with Crippen LogP contribution in [0.5, 0.6) is 0 Å². The Morgan fingerprint density at radius 3 is 2.92 bits per heavy atom. The standard InChI is InChI=1S/C19H23FN4O/c20-14-7-17(22-9-14)19(25)23-16-6-5-13-10-24(11-15(13)16)18-4-2-1-3-12(18)8-21/h1-4,13-17,22H,5-7,9-11H2,(H,23,25)/t13-,14-,15+,16+,17+/m1/s1. The van der Waals surface area contributed by atoms with Gasteiger partial charge in [-0.25, -0.2) is 4.39 Å². The van der Waals surface area contributed by atoms with E-state index in [0.29, 0.717) is 17.4 Å². The molecule has 2 aliphatic heterocycles. The smallest absolute Gasteiger partial charge is 0.237 e. The second-order valence-corrected chi connectivity index (χ2v) is 7.44. The van der Waals surface area contributed by atoms with Gasteiger partial charge in [0.05, 0.1) is 17.3 Å². The minimum Gasteiger partial charge on any atom is -0.370 e. The molecule has 2 saturated heterocycles. The van der Waals surface area contributed by atoms with E-state index in [2.05, 4.69) is 21.6 Å². The van der Waals surface area contributed by atoms with E-state index >= 15 is 0 Å². The first-order chi connectivity index (χ1) is 12.2. The van der Waals surface area contributed by atoms with Gasteiger partial charge in [0.15, 0.2) is 0 Å². The zero-order valence-electron chi connectivity index (χ0n) is 14.1. The normalized spacial score (nSPS) is 33.9. The second-order valence-electron chi connectivity index (χ2n) is 7.44. The number of carbonyl (C=O) groups is 1. The molecule has 5 atom stereocenters. The summed E-state index contributed by atoms with van der Waals surface area (Å²) in [5.74, 6) is 0.877. The summed E-state index contributed by atoms with van der Waals surface area (Å²) in [4.78, 5) is 14.7. The number of rotatable bonds is 3. The van der Waals surface area contributed by atoms with E-state index in [0.717, 1.165) is 31.6 Å². The number of halogens is 1. The van der Waals surface area contributed by atoms with Crippen molar-refractivity contribution in [3.63, 3.8) is 0 Å². The Hall–Kier alpha value is -2.13. The van der Waals surface area contributed by atoms with Crippen molar-refractivity contribution in [1.82, 2.24) is 10.6 Å². The number of nitrogens with zero attached hydrogens (tertiary/aromatic N) is 2. The molecule has 3 aliphatic rings. The number of benzene rings is 1. The van der Waals surface area contributed by atoms with Gasteiger partial charge in [0.25, 0.3) is 0 Å². The first-order valence-corrected chi connectivity index (χ1v) is 9.07. The highest BCUT2D eigenvalue weighted by molar-refractivity contribution is 5.82. The molecule has 1 aromatic rings. The molecule has 1 aromatic carbocycles. The second kappa shape index (κ2) is 6.64. The molecule has 25 heavy (non-hydrogen) atoms. The molecule has 0 radical (unpaired) electrons. The summed E-state index contributed by atoms with van der Waals surface area (Å²) in [6.45, 7) is 2.07. The maximum absolute atomic E-state index is 13.3. The van der Waals surface area contributed by atoms with Gasteiger partial charge in [-0.05, 0) is 30.9 Å². The number of para-hydroxylation sites is 1. The third-order valence-electron chi connectivity index (χ3n) is 5.94. The van der Waals surface area contributed by atoms with Crippen molar-refractivity contribution in [2.45, 2.75) is 37.5 Å². The molecule has 2 heterocycles. The molecule has 1 amide bonds. The van der Waals surface area contributed by atoms with Crippen LogP contribution in [0.25, 0.3) is 0 Å². The number of amides is 1. The van der Waals surface area contributed by atoms with Crippen LogP contribution in [0.4, 0.5) is 10.1 Å². The molecule has 4 rings (SSSR count). The lowest BCUT2D eigenvalue weighted by Gasteiger charge is -2.24. The van der Waals surface area contributed by atoms with Gasteiger partial charge < -0.3 is 15.5 Å². The van der Waals surface area contributed by atoms with Gasteiger partial charge in [0.2, 0.25) is 5.91 Å². The minimum atomic E-state index is -0.920. The molecular weight excluding hydrogens is 319 g/mol. The van der Waals surface area contributed by atoms with Crippen molar-refractivity contribution in [2.24, 2.45) is 11.8 Å². The van der Waals surface area contributed by atoms with Crippen LogP contribution >= 0.6 is 0 Å². The van der Waals surface area contributed by atoms with E-state index in [-0.39, 0.29) is 24.9 Å². The molecule has 5 nitrogen and oxygen atoms in total. The number of carbonyl (C=O) groups excluding carboxylic acids is 1. The molecule has 0 aromatic heterocycles. The van der Waals surface area contributed by atoms with Crippen molar-refractivity contribution in [1.29, 1.82) is 5.26 Å². The highest BCUT2D eigenvalue weighted by Crippen LogP contribution is 2.40. The Balaban J connectivity index is 1.42. The van der Waals surface area contributed by atoms with Gasteiger partial charge in [0.1, 0.15) is 12.2 Å². The summed E-state index contributed by atoms with van der Waals surface area (Å²) in [6, 6.07) is 9.71. The minimum absolute atomic E-state index is 0.0679. The Labute approximate surface area is 147 Å². The maximum atomic E-state index is 13.3. The summed E-state index contributed by atoms with van der Waals surface area (Å²) < 4.78 is 13.3. The quantitative estimate of drug-likeness (QED) is 0.875. The van der Waals surface area contributed by atoms with E-state index in [1.807, 2.05) is 24.3 Å². The summed E-state index contributed by atoms with van der Waals surface area (Å²) >= 11 is 0. The van der Waals surface area contributed by atoms with E-state index in [9.17, 15) is 14.4 Å². The van der Waals surface area contributed by atoms with Crippen LogP contribution in [0.3, 0.4) is 0 Å². The van der Waals surface area contributed by atoms with Crippen molar-refractivity contribution >= 4 is 11.6 Å². The molecular formula is C19H23FN4O. The lowest BCUT2D eigenvalue weighted by molar-refractivity contribution is -0.123. The number of fused-ring (bicyclic) bond motifs is 1. The Morgan fingerprint density at radius 2 is 2.16 bits per heavy atom. The third kappa shape index (κ3) is 3.09. The molecule has 2 N–H and O–H groups in total. The van der Waals surface area contributed by atoms with Crippen molar-refractivity contribution in [3.05, 3.63) is 29.8 Å². The third-order valence-corrected chi connectivity index (χ3v) is 5.94. The summed E-state index contributed by atoms with van der Waals surface area (Å²) in [7, 11) is 0. The first kappa shape index (κ1) is 16.3. The number of anilines is 1. The van der Waals surface area contributed by atoms with Crippen molar-refractivity contribution in [2.75, 3.05) is 24.5 Å². The molecule has 6 heteroatoms. The molecule has 132 valence electrons. The number of hydrogen-bond acceptors (Lipinski definition) is 4. The Morgan fingerprint density at radius 1 is 1.32 bits per heavy atom. The monoisotopic (exact) mass is 342 g/mol. The molecule has 1 saturated carbocycles. The van der Waals surface area contributed by atoms with E-state index in [1.165, 1.54) is 0 Å². The fourth-order valence-electron chi connectivity index (χ4n) is 4.66. The van der Waals surface area contributed by atoms with E-state index in [4.69, 9.17) is 0 Å². The fourth-order valence-corrected chi connectivity index (χ4v) is 4.66. The molecule has 0 unspecified atom stereocenters. The number of nitrogens with one attached hydrogen (secondary N) is 2. The average Bonchev–Trinajstić information content (AvgIpc) is 3.32. The Kier molecular flexibility index (Phi) is 4.34. The lowest BCUT2D eigenvalue weighted by atomic mass is 9.97. The topological polar surface area (TPSA) is 68.2 Å². The van der Waals surface area contributed by atoms with Gasteiger partial charge in [0, 0.05) is 38.0 Å². The molecule has 1 aliphatic carbocycles. The van der Waals surface area contributed by atoms with Gasteiger partial charge in [-0.1, -0.05) is 12.1 Å². The van der Waals surface area contributed by atoms with E-state index < -0.39 is 12.2 Å². The maximum Gasteiger partial charge on any atom is 0.237 e. The zero-order chi connectivity index (χ0) is 17.4. The predicted octanol–water partition coefficient (Wildman–Crippen LogP) is 1.59. The summed E-state index contributed by atoms with van der Waals surface area (Å²) in [6.07, 6.45) is 1.43. The van der Waals surface area contributed by atoms with Crippen LogP contribution in [0.2, 0.25) is 0 Å². The summed E-state index contributed by atoms with van der Waals surface area (Å²) in [5, 5.41) is 15.4. The van der Waals surface area contributed by atoms with E-state index in [1.54, 1.807) is 0 Å². The van der Waals surface area contributed by atoms with Crippen LogP contribution in [0, 0.1) is 23.2 Å². The van der Waals surface area contributed by atoms with Crippen LogP contribution < -0.4 is 15.5 Å². The van der Waals surface area contributed by atoms with Crippen LogP contribution in [-0.2, 0) is 4.79 Å². The van der Waals surface area contributed by atoms with Gasteiger partial charge >= 0.3 is 0 Å². The highest BCUT2D eigenvalue weighted by Gasteiger charge is 2.44. The molecule has 0 spiro atoms. The number of alkyl halides is 1.